The van der Waals surface area contributed by atoms with Gasteiger partial charge in [-0.15, -0.1) is 11.8 Å². The largest absolute Gasteiger partial charge is 0.338 e. The first kappa shape index (κ1) is 19.6. The van der Waals surface area contributed by atoms with E-state index >= 15 is 0 Å². The van der Waals surface area contributed by atoms with E-state index < -0.39 is 0 Å². The standard InChI is InChI=1S/C19H29N3O2S/c1-5-11-20-19(24)21(4)12-13-22-17(23)16(6-2)25-18(22)15-10-8-7-9-14(15)3/h7-10,16,18H,5-6,11-13H2,1-4H3,(H,20,24)/t16-,18-/m0/s1. The number of rotatable bonds is 7. The van der Waals surface area contributed by atoms with Crippen molar-refractivity contribution in [2.75, 3.05) is 26.7 Å². The third-order valence-corrected chi connectivity index (χ3v) is 6.14. The van der Waals surface area contributed by atoms with Crippen molar-refractivity contribution in [2.24, 2.45) is 0 Å². The molecular weight excluding hydrogens is 334 g/mol. The Kier molecular flexibility index (Phi) is 7.17. The third-order valence-electron chi connectivity index (χ3n) is 4.51. The fourth-order valence-corrected chi connectivity index (χ4v) is 4.44. The summed E-state index contributed by atoms with van der Waals surface area (Å²) in [7, 11) is 1.78. The number of carbonyl (C=O) groups excluding carboxylic acids is 2. The van der Waals surface area contributed by atoms with Crippen LogP contribution >= 0.6 is 11.8 Å². The number of hydrogen-bond donors (Lipinski definition) is 1. The Morgan fingerprint density at radius 3 is 2.68 bits per heavy atom. The predicted octanol–water partition coefficient (Wildman–Crippen LogP) is 3.40. The first-order valence-corrected chi connectivity index (χ1v) is 9.94. The van der Waals surface area contributed by atoms with Crippen molar-refractivity contribution in [2.45, 2.75) is 44.2 Å². The summed E-state index contributed by atoms with van der Waals surface area (Å²) in [6.45, 7) is 7.92. The number of aryl methyl sites for hydroxylation is 1. The van der Waals surface area contributed by atoms with Crippen LogP contribution in [0.15, 0.2) is 24.3 Å². The number of likely N-dealkylation sites (N-methyl/N-ethyl adjacent to an activating group) is 1. The minimum absolute atomic E-state index is 0.00355. The Morgan fingerprint density at radius 1 is 1.32 bits per heavy atom. The fourth-order valence-electron chi connectivity index (χ4n) is 2.92. The Hall–Kier alpha value is -1.69. The summed E-state index contributed by atoms with van der Waals surface area (Å²) in [5.74, 6) is 0.183. The van der Waals surface area contributed by atoms with Gasteiger partial charge in [0.05, 0.1) is 5.25 Å². The van der Waals surface area contributed by atoms with Gasteiger partial charge in [-0.1, -0.05) is 38.1 Å². The van der Waals surface area contributed by atoms with Crippen LogP contribution in [-0.2, 0) is 4.79 Å². The van der Waals surface area contributed by atoms with Crippen LogP contribution in [0.3, 0.4) is 0 Å². The van der Waals surface area contributed by atoms with E-state index in [2.05, 4.69) is 31.3 Å². The molecule has 1 N–H and O–H groups in total. The summed E-state index contributed by atoms with van der Waals surface area (Å²) in [6.07, 6.45) is 1.74. The van der Waals surface area contributed by atoms with Crippen molar-refractivity contribution in [1.29, 1.82) is 0 Å². The molecule has 1 aromatic rings. The number of carbonyl (C=O) groups is 2. The van der Waals surface area contributed by atoms with Crippen molar-refractivity contribution in [3.05, 3.63) is 35.4 Å². The maximum atomic E-state index is 12.8. The Balaban J connectivity index is 2.08. The van der Waals surface area contributed by atoms with Gasteiger partial charge in [0.15, 0.2) is 0 Å². The van der Waals surface area contributed by atoms with Gasteiger partial charge in [0.2, 0.25) is 5.91 Å². The molecule has 6 heteroatoms. The van der Waals surface area contributed by atoms with E-state index in [9.17, 15) is 9.59 Å². The molecular formula is C19H29N3O2S. The van der Waals surface area contributed by atoms with Gasteiger partial charge in [-0.05, 0) is 30.9 Å². The summed E-state index contributed by atoms with van der Waals surface area (Å²) in [4.78, 5) is 28.4. The molecule has 0 aliphatic carbocycles. The average Bonchev–Trinajstić information content (AvgIpc) is 2.93. The van der Waals surface area contributed by atoms with Crippen molar-refractivity contribution in [3.63, 3.8) is 0 Å². The Morgan fingerprint density at radius 2 is 2.04 bits per heavy atom. The molecule has 1 aromatic carbocycles. The zero-order valence-corrected chi connectivity index (χ0v) is 16.4. The first-order chi connectivity index (χ1) is 12.0. The quantitative estimate of drug-likeness (QED) is 0.808. The highest BCUT2D eigenvalue weighted by Crippen LogP contribution is 2.44. The van der Waals surface area contributed by atoms with E-state index in [1.807, 2.05) is 24.0 Å². The van der Waals surface area contributed by atoms with Gasteiger partial charge in [-0.25, -0.2) is 4.79 Å². The van der Waals surface area contributed by atoms with Crippen molar-refractivity contribution >= 4 is 23.7 Å². The number of urea groups is 1. The number of benzene rings is 1. The Labute approximate surface area is 155 Å². The van der Waals surface area contributed by atoms with Crippen LogP contribution in [0, 0.1) is 6.92 Å². The first-order valence-electron chi connectivity index (χ1n) is 9.00. The fraction of sp³-hybridized carbons (Fsp3) is 0.579. The van der Waals surface area contributed by atoms with Crippen LogP contribution in [-0.4, -0.2) is 53.7 Å². The zero-order valence-electron chi connectivity index (χ0n) is 15.6. The molecule has 138 valence electrons. The van der Waals surface area contributed by atoms with Gasteiger partial charge in [0.25, 0.3) is 0 Å². The summed E-state index contributed by atoms with van der Waals surface area (Å²) >= 11 is 1.73. The van der Waals surface area contributed by atoms with Crippen molar-refractivity contribution in [3.8, 4) is 0 Å². The molecule has 2 atom stereocenters. The van der Waals surface area contributed by atoms with Crippen LogP contribution in [0.4, 0.5) is 4.79 Å². The molecule has 3 amide bonds. The number of thioether (sulfide) groups is 1. The molecule has 0 spiro atoms. The highest BCUT2D eigenvalue weighted by molar-refractivity contribution is 8.01. The second kappa shape index (κ2) is 9.13. The topological polar surface area (TPSA) is 52.7 Å². The predicted molar refractivity (Wildman–Crippen MR) is 104 cm³/mol. The van der Waals surface area contributed by atoms with Crippen LogP contribution in [0.25, 0.3) is 0 Å². The lowest BCUT2D eigenvalue weighted by molar-refractivity contribution is -0.130. The van der Waals surface area contributed by atoms with Crippen LogP contribution in [0.5, 0.6) is 0 Å². The minimum atomic E-state index is -0.0827. The summed E-state index contributed by atoms with van der Waals surface area (Å²) in [5, 5.41) is 2.91. The van der Waals surface area contributed by atoms with Crippen molar-refractivity contribution in [1.82, 2.24) is 15.1 Å². The average molecular weight is 364 g/mol. The van der Waals surface area contributed by atoms with Gasteiger partial charge in [0.1, 0.15) is 5.37 Å². The van der Waals surface area contributed by atoms with E-state index in [1.165, 1.54) is 11.1 Å². The van der Waals surface area contributed by atoms with Crippen LogP contribution in [0.1, 0.15) is 43.2 Å². The highest BCUT2D eigenvalue weighted by atomic mass is 32.2. The number of nitrogens with one attached hydrogen (secondary N) is 1. The maximum Gasteiger partial charge on any atom is 0.317 e. The van der Waals surface area contributed by atoms with Crippen molar-refractivity contribution < 1.29 is 9.59 Å². The molecule has 1 heterocycles. The molecule has 5 nitrogen and oxygen atoms in total. The van der Waals surface area contributed by atoms with E-state index in [0.717, 1.165) is 12.8 Å². The molecule has 0 aromatic heterocycles. The van der Waals surface area contributed by atoms with E-state index in [0.29, 0.717) is 19.6 Å². The van der Waals surface area contributed by atoms with Gasteiger partial charge in [-0.2, -0.15) is 0 Å². The monoisotopic (exact) mass is 363 g/mol. The second-order valence-electron chi connectivity index (χ2n) is 6.43. The lowest BCUT2D eigenvalue weighted by Gasteiger charge is -2.27. The number of hydrogen-bond acceptors (Lipinski definition) is 3. The lowest BCUT2D eigenvalue weighted by atomic mass is 10.1. The van der Waals surface area contributed by atoms with Gasteiger partial charge >= 0.3 is 6.03 Å². The van der Waals surface area contributed by atoms with Crippen LogP contribution in [0.2, 0.25) is 0 Å². The summed E-state index contributed by atoms with van der Waals surface area (Å²) in [6, 6.07) is 8.15. The molecule has 0 bridgehead atoms. The molecule has 2 rings (SSSR count). The number of nitrogens with zero attached hydrogens (tertiary/aromatic N) is 2. The maximum absolute atomic E-state index is 12.8. The van der Waals surface area contributed by atoms with E-state index in [4.69, 9.17) is 0 Å². The molecule has 0 unspecified atom stereocenters. The summed E-state index contributed by atoms with van der Waals surface area (Å²) < 4.78 is 0. The highest BCUT2D eigenvalue weighted by Gasteiger charge is 2.40. The van der Waals surface area contributed by atoms with Gasteiger partial charge in [0, 0.05) is 26.7 Å². The molecule has 1 aliphatic rings. The van der Waals surface area contributed by atoms with E-state index in [-0.39, 0.29) is 22.6 Å². The molecule has 1 fully saturated rings. The number of amides is 3. The normalized spacial score (nSPS) is 20.0. The van der Waals surface area contributed by atoms with E-state index in [1.54, 1.807) is 23.7 Å². The third kappa shape index (κ3) is 4.69. The van der Waals surface area contributed by atoms with Gasteiger partial charge in [-0.3, -0.25) is 4.79 Å². The second-order valence-corrected chi connectivity index (χ2v) is 7.71. The Bertz CT molecular complexity index is 608. The molecule has 0 radical (unpaired) electrons. The van der Waals surface area contributed by atoms with Gasteiger partial charge < -0.3 is 15.1 Å². The zero-order chi connectivity index (χ0) is 18.4. The smallest absolute Gasteiger partial charge is 0.317 e. The minimum Gasteiger partial charge on any atom is -0.338 e. The lowest BCUT2D eigenvalue weighted by Crippen LogP contribution is -2.43. The molecule has 0 saturated carbocycles. The SMILES string of the molecule is CCCNC(=O)N(C)CCN1C(=O)[C@H](CC)S[C@H]1c1ccccc1C. The van der Waals surface area contributed by atoms with Crippen LogP contribution < -0.4 is 5.32 Å². The summed E-state index contributed by atoms with van der Waals surface area (Å²) in [5.41, 5.74) is 2.39. The molecule has 1 aliphatic heterocycles. The molecule has 25 heavy (non-hydrogen) atoms. The molecule has 1 saturated heterocycles.